The lowest BCUT2D eigenvalue weighted by atomic mass is 9.86. The molecule has 1 saturated carbocycles. The molecule has 0 saturated heterocycles. The Bertz CT molecular complexity index is 481. The zero-order valence-corrected chi connectivity index (χ0v) is 12.3. The van der Waals surface area contributed by atoms with Crippen LogP contribution < -0.4 is 10.1 Å². The molecule has 0 spiro atoms. The highest BCUT2D eigenvalue weighted by Crippen LogP contribution is 2.31. The van der Waals surface area contributed by atoms with Crippen LogP contribution in [0.25, 0.3) is 0 Å². The molecule has 0 unspecified atom stereocenters. The molecule has 0 aliphatic heterocycles. The van der Waals surface area contributed by atoms with Crippen molar-refractivity contribution in [1.82, 2.24) is 0 Å². The third-order valence-corrected chi connectivity index (χ3v) is 4.10. The van der Waals surface area contributed by atoms with Crippen molar-refractivity contribution in [3.05, 3.63) is 23.8 Å². The number of benzene rings is 1. The molecule has 1 aromatic rings. The molecule has 0 aromatic heterocycles. The molecule has 5 heteroatoms. The van der Waals surface area contributed by atoms with E-state index in [0.717, 1.165) is 42.7 Å². The number of aliphatic hydroxyl groups excluding tert-OH is 1. The maximum atomic E-state index is 11.0. The van der Waals surface area contributed by atoms with Gasteiger partial charge >= 0.3 is 5.97 Å². The summed E-state index contributed by atoms with van der Waals surface area (Å²) < 4.78 is 5.39. The number of carboxylic acid groups (broad SMARTS) is 1. The molecule has 0 heterocycles. The predicted octanol–water partition coefficient (Wildman–Crippen LogP) is 2.29. The summed E-state index contributed by atoms with van der Waals surface area (Å²) in [5.74, 6) is -0.113. The summed E-state index contributed by atoms with van der Waals surface area (Å²) in [6.07, 6.45) is 3.77. The highest BCUT2D eigenvalue weighted by molar-refractivity contribution is 5.70. The zero-order valence-electron chi connectivity index (χ0n) is 12.3. The van der Waals surface area contributed by atoms with Gasteiger partial charge < -0.3 is 20.3 Å². The number of ether oxygens (including phenoxy) is 1. The normalized spacial score (nSPS) is 21.8. The van der Waals surface area contributed by atoms with E-state index in [-0.39, 0.29) is 18.6 Å². The topological polar surface area (TPSA) is 78.8 Å². The van der Waals surface area contributed by atoms with Crippen molar-refractivity contribution in [1.29, 1.82) is 0 Å². The van der Waals surface area contributed by atoms with Crippen molar-refractivity contribution < 1.29 is 19.7 Å². The number of aliphatic carboxylic acids is 1. The van der Waals surface area contributed by atoms with E-state index in [2.05, 4.69) is 5.32 Å². The number of anilines is 1. The van der Waals surface area contributed by atoms with Gasteiger partial charge in [0.1, 0.15) is 5.75 Å². The maximum absolute atomic E-state index is 11.0. The Hall–Kier alpha value is -1.75. The second-order valence-corrected chi connectivity index (χ2v) is 5.54. The van der Waals surface area contributed by atoms with Gasteiger partial charge in [0, 0.05) is 12.6 Å². The lowest BCUT2D eigenvalue weighted by molar-refractivity contribution is -0.142. The molecular formula is C16H23NO4. The van der Waals surface area contributed by atoms with Gasteiger partial charge in [0.05, 0.1) is 18.7 Å². The minimum Gasteiger partial charge on any atom is -0.495 e. The van der Waals surface area contributed by atoms with Gasteiger partial charge in [-0.3, -0.25) is 4.79 Å². The molecule has 116 valence electrons. The van der Waals surface area contributed by atoms with E-state index in [4.69, 9.17) is 14.9 Å². The summed E-state index contributed by atoms with van der Waals surface area (Å²) in [6.45, 7) is 0.120. The average molecular weight is 293 g/mol. The van der Waals surface area contributed by atoms with Crippen molar-refractivity contribution in [3.63, 3.8) is 0 Å². The van der Waals surface area contributed by atoms with Crippen molar-refractivity contribution in [2.75, 3.05) is 19.0 Å². The first-order chi connectivity index (χ1) is 10.1. The van der Waals surface area contributed by atoms with E-state index in [1.807, 2.05) is 18.2 Å². The van der Waals surface area contributed by atoms with Crippen LogP contribution >= 0.6 is 0 Å². The Kier molecular flexibility index (Phi) is 5.44. The number of aliphatic hydroxyl groups is 1. The second-order valence-electron chi connectivity index (χ2n) is 5.54. The van der Waals surface area contributed by atoms with Crippen LogP contribution in [0, 0.1) is 5.92 Å². The number of hydrogen-bond donors (Lipinski definition) is 3. The van der Waals surface area contributed by atoms with Crippen LogP contribution in [-0.2, 0) is 11.2 Å². The van der Waals surface area contributed by atoms with Crippen LogP contribution in [-0.4, -0.2) is 35.9 Å². The minimum atomic E-state index is -0.681. The number of carboxylic acids is 1. The third kappa shape index (κ3) is 4.11. The summed E-state index contributed by atoms with van der Waals surface area (Å²) in [4.78, 5) is 11.0. The van der Waals surface area contributed by atoms with Crippen molar-refractivity contribution in [3.8, 4) is 5.75 Å². The summed E-state index contributed by atoms with van der Waals surface area (Å²) >= 11 is 0. The van der Waals surface area contributed by atoms with E-state index in [0.29, 0.717) is 6.42 Å². The SMILES string of the molecule is COc1cc(CCO)ccc1NC1CCC(C(=O)O)CC1. The summed E-state index contributed by atoms with van der Waals surface area (Å²) in [5.41, 5.74) is 1.97. The molecule has 3 N–H and O–H groups in total. The summed E-state index contributed by atoms with van der Waals surface area (Å²) in [6, 6.07) is 6.16. The monoisotopic (exact) mass is 293 g/mol. The Labute approximate surface area is 124 Å². The molecule has 5 nitrogen and oxygen atoms in total. The van der Waals surface area contributed by atoms with E-state index >= 15 is 0 Å². The van der Waals surface area contributed by atoms with Crippen LogP contribution in [0.3, 0.4) is 0 Å². The standard InChI is InChI=1S/C16H23NO4/c1-21-15-10-11(8-9-18)2-7-14(15)17-13-5-3-12(4-6-13)16(19)20/h2,7,10,12-13,17-18H,3-6,8-9H2,1H3,(H,19,20). The molecule has 0 bridgehead atoms. The second kappa shape index (κ2) is 7.31. The third-order valence-electron chi connectivity index (χ3n) is 4.10. The lowest BCUT2D eigenvalue weighted by Gasteiger charge is -2.28. The van der Waals surface area contributed by atoms with E-state index < -0.39 is 5.97 Å². The number of rotatable bonds is 6. The number of hydrogen-bond acceptors (Lipinski definition) is 4. The van der Waals surface area contributed by atoms with Gasteiger partial charge in [-0.1, -0.05) is 6.07 Å². The Morgan fingerprint density at radius 3 is 2.62 bits per heavy atom. The Morgan fingerprint density at radius 1 is 1.33 bits per heavy atom. The van der Waals surface area contributed by atoms with Gasteiger partial charge in [-0.15, -0.1) is 0 Å². The summed E-state index contributed by atoms with van der Waals surface area (Å²) in [5, 5.41) is 21.4. The first-order valence-electron chi connectivity index (χ1n) is 7.41. The van der Waals surface area contributed by atoms with Gasteiger partial charge in [-0.25, -0.2) is 0 Å². The highest BCUT2D eigenvalue weighted by Gasteiger charge is 2.26. The molecular weight excluding hydrogens is 270 g/mol. The fourth-order valence-electron chi connectivity index (χ4n) is 2.84. The van der Waals surface area contributed by atoms with E-state index in [1.165, 1.54) is 0 Å². The first kappa shape index (κ1) is 15.6. The number of nitrogens with one attached hydrogen (secondary N) is 1. The van der Waals surface area contributed by atoms with Crippen LogP contribution in [0.15, 0.2) is 18.2 Å². The molecule has 0 radical (unpaired) electrons. The van der Waals surface area contributed by atoms with Crippen LogP contribution in [0.1, 0.15) is 31.2 Å². The van der Waals surface area contributed by atoms with Crippen molar-refractivity contribution in [2.45, 2.75) is 38.1 Å². The van der Waals surface area contributed by atoms with Crippen LogP contribution in [0.5, 0.6) is 5.75 Å². The number of carbonyl (C=O) groups is 1. The predicted molar refractivity (Wildman–Crippen MR) is 80.8 cm³/mol. The van der Waals surface area contributed by atoms with Gasteiger partial charge in [0.15, 0.2) is 0 Å². The maximum Gasteiger partial charge on any atom is 0.306 e. The van der Waals surface area contributed by atoms with Crippen molar-refractivity contribution in [2.24, 2.45) is 5.92 Å². The Balaban J connectivity index is 1.98. The van der Waals surface area contributed by atoms with Gasteiger partial charge in [0.2, 0.25) is 0 Å². The molecule has 1 fully saturated rings. The molecule has 0 atom stereocenters. The van der Waals surface area contributed by atoms with Gasteiger partial charge in [-0.2, -0.15) is 0 Å². The molecule has 1 aliphatic carbocycles. The minimum absolute atomic E-state index is 0.120. The van der Waals surface area contributed by atoms with Crippen molar-refractivity contribution >= 4 is 11.7 Å². The molecule has 21 heavy (non-hydrogen) atoms. The number of methoxy groups -OCH3 is 1. The van der Waals surface area contributed by atoms with Gasteiger partial charge in [0.25, 0.3) is 0 Å². The summed E-state index contributed by atoms with van der Waals surface area (Å²) in [7, 11) is 1.63. The van der Waals surface area contributed by atoms with E-state index in [9.17, 15) is 4.79 Å². The lowest BCUT2D eigenvalue weighted by Crippen LogP contribution is -2.29. The average Bonchev–Trinajstić information content (AvgIpc) is 2.49. The fraction of sp³-hybridized carbons (Fsp3) is 0.562. The quantitative estimate of drug-likeness (QED) is 0.750. The first-order valence-corrected chi connectivity index (χ1v) is 7.41. The zero-order chi connectivity index (χ0) is 15.2. The molecule has 2 rings (SSSR count). The highest BCUT2D eigenvalue weighted by atomic mass is 16.5. The molecule has 1 aliphatic rings. The van der Waals surface area contributed by atoms with Crippen LogP contribution in [0.2, 0.25) is 0 Å². The smallest absolute Gasteiger partial charge is 0.306 e. The largest absolute Gasteiger partial charge is 0.495 e. The Morgan fingerprint density at radius 2 is 2.05 bits per heavy atom. The van der Waals surface area contributed by atoms with Crippen LogP contribution in [0.4, 0.5) is 5.69 Å². The molecule has 0 amide bonds. The van der Waals surface area contributed by atoms with E-state index in [1.54, 1.807) is 7.11 Å². The fourth-order valence-corrected chi connectivity index (χ4v) is 2.84. The molecule has 1 aromatic carbocycles. The van der Waals surface area contributed by atoms with Gasteiger partial charge in [-0.05, 0) is 49.8 Å².